The van der Waals surface area contributed by atoms with E-state index >= 15 is 4.39 Å². The number of carboxylic acids is 1. The number of carboxylic acid groups (broad SMARTS) is 1. The van der Waals surface area contributed by atoms with Crippen molar-refractivity contribution in [3.05, 3.63) is 29.1 Å². The number of hydrogen-bond donors (Lipinski definition) is 1. The number of benzene rings is 1. The van der Waals surface area contributed by atoms with Crippen LogP contribution in [0.5, 0.6) is 5.75 Å². The Morgan fingerprint density at radius 3 is 2.47 bits per heavy atom. The van der Waals surface area contributed by atoms with E-state index < -0.39 is 29.9 Å². The summed E-state index contributed by atoms with van der Waals surface area (Å²) in [5.74, 6) is 0.343. The van der Waals surface area contributed by atoms with E-state index in [-0.39, 0.29) is 29.9 Å². The largest absolute Gasteiger partial charge is 0.493 e. The summed E-state index contributed by atoms with van der Waals surface area (Å²) >= 11 is 0. The van der Waals surface area contributed by atoms with Crippen LogP contribution in [-0.4, -0.2) is 47.2 Å². The molecule has 4 bridgehead atoms. The molecule has 2 unspecified atom stereocenters. The van der Waals surface area contributed by atoms with E-state index in [1.54, 1.807) is 0 Å². The van der Waals surface area contributed by atoms with E-state index in [4.69, 9.17) is 4.74 Å². The van der Waals surface area contributed by atoms with Gasteiger partial charge >= 0.3 is 5.97 Å². The Labute approximate surface area is 186 Å². The van der Waals surface area contributed by atoms with Crippen LogP contribution in [0.3, 0.4) is 0 Å². The van der Waals surface area contributed by atoms with Crippen molar-refractivity contribution >= 4 is 11.9 Å². The normalized spacial score (nSPS) is 37.3. The topological polar surface area (TPSA) is 66.8 Å². The number of rotatable bonds is 6. The fourth-order valence-corrected chi connectivity index (χ4v) is 7.39. The summed E-state index contributed by atoms with van der Waals surface area (Å²) < 4.78 is 35.4. The number of carbonyl (C=O) groups excluding carboxylic acids is 1. The van der Waals surface area contributed by atoms with Crippen LogP contribution in [0.15, 0.2) is 12.1 Å². The molecule has 1 amide bonds. The van der Waals surface area contributed by atoms with Gasteiger partial charge in [-0.1, -0.05) is 0 Å². The second-order valence-corrected chi connectivity index (χ2v) is 11.0. The fourth-order valence-electron chi connectivity index (χ4n) is 7.39. The Morgan fingerprint density at radius 2 is 1.84 bits per heavy atom. The molecule has 0 radical (unpaired) electrons. The maximum atomic E-state index is 15.1. The highest BCUT2D eigenvalue weighted by Gasteiger charge is 2.56. The summed E-state index contributed by atoms with van der Waals surface area (Å²) in [6.07, 6.45) is 6.57. The lowest BCUT2D eigenvalue weighted by Gasteiger charge is -2.38. The number of likely N-dealkylation sites (tertiary alicyclic amines) is 1. The molecule has 5 saturated carbocycles. The zero-order valence-electron chi connectivity index (χ0n) is 18.1. The number of nitrogens with zero attached hydrogens (tertiary/aromatic N) is 1. The molecule has 5 aliphatic carbocycles. The van der Waals surface area contributed by atoms with Gasteiger partial charge in [0.05, 0.1) is 12.2 Å². The minimum Gasteiger partial charge on any atom is -0.493 e. The first kappa shape index (κ1) is 20.4. The first-order valence-corrected chi connectivity index (χ1v) is 12.0. The van der Waals surface area contributed by atoms with Crippen LogP contribution >= 0.6 is 0 Å². The molecular formula is C25H29F2NO4. The number of amides is 1. The molecule has 6 fully saturated rings. The Bertz CT molecular complexity index is 957. The molecule has 32 heavy (non-hydrogen) atoms. The van der Waals surface area contributed by atoms with Crippen LogP contribution in [0.2, 0.25) is 0 Å². The van der Waals surface area contributed by atoms with Gasteiger partial charge in [-0.2, -0.15) is 0 Å². The van der Waals surface area contributed by atoms with Gasteiger partial charge in [0.25, 0.3) is 5.91 Å². The third-order valence-corrected chi connectivity index (χ3v) is 8.77. The van der Waals surface area contributed by atoms with Crippen LogP contribution in [0, 0.1) is 29.0 Å². The molecule has 7 heteroatoms. The molecule has 4 atom stereocenters. The molecule has 1 saturated heterocycles. The third-order valence-electron chi connectivity index (χ3n) is 8.77. The van der Waals surface area contributed by atoms with Crippen molar-refractivity contribution in [2.75, 3.05) is 13.2 Å². The average molecular weight is 446 g/mol. The molecule has 5 nitrogen and oxygen atoms in total. The van der Waals surface area contributed by atoms with Crippen LogP contribution in [0.25, 0.3) is 0 Å². The lowest BCUT2D eigenvalue weighted by molar-refractivity contribution is -0.142. The van der Waals surface area contributed by atoms with E-state index in [1.807, 2.05) is 0 Å². The molecule has 1 aromatic carbocycles. The van der Waals surface area contributed by atoms with Gasteiger partial charge in [-0.25, -0.2) is 13.6 Å². The summed E-state index contributed by atoms with van der Waals surface area (Å²) in [5.41, 5.74) is 0.852. The number of halogens is 2. The summed E-state index contributed by atoms with van der Waals surface area (Å²) in [6.45, 7) is 0.569. The van der Waals surface area contributed by atoms with E-state index in [1.165, 1.54) is 44.2 Å². The van der Waals surface area contributed by atoms with Crippen molar-refractivity contribution in [3.8, 4) is 5.75 Å². The molecule has 1 heterocycles. The minimum absolute atomic E-state index is 0.0283. The van der Waals surface area contributed by atoms with Gasteiger partial charge in [0.1, 0.15) is 17.7 Å². The number of ether oxygens (including phenoxy) is 1. The molecule has 7 rings (SSSR count). The van der Waals surface area contributed by atoms with Crippen LogP contribution in [-0.2, 0) is 4.79 Å². The highest BCUT2D eigenvalue weighted by molar-refractivity contribution is 5.97. The van der Waals surface area contributed by atoms with Crippen molar-refractivity contribution in [3.63, 3.8) is 0 Å². The highest BCUT2D eigenvalue weighted by Crippen LogP contribution is 2.64. The maximum Gasteiger partial charge on any atom is 0.329 e. The zero-order chi connectivity index (χ0) is 22.2. The van der Waals surface area contributed by atoms with E-state index in [2.05, 4.69) is 0 Å². The summed E-state index contributed by atoms with van der Waals surface area (Å²) in [4.78, 5) is 25.4. The molecule has 172 valence electrons. The van der Waals surface area contributed by atoms with Crippen LogP contribution < -0.4 is 4.74 Å². The predicted molar refractivity (Wildman–Crippen MR) is 112 cm³/mol. The van der Waals surface area contributed by atoms with Gasteiger partial charge in [0, 0.05) is 18.0 Å². The highest BCUT2D eigenvalue weighted by atomic mass is 19.1. The standard InChI is InChI=1S/C25H29F2NO4/c26-19-3-4-28(22(19)24(30)31)23(29)18-7-17(14-1-2-14)21(8-20(18)27)32-12-25-9-13-5-15(10-25)16(6-13)11-25/h7-8,13-16,19,22H,1-6,9-12H2,(H,30,31)/t13?,15?,16?,19-,22+,25?/m1/s1. The van der Waals surface area contributed by atoms with Crippen LogP contribution in [0.4, 0.5) is 8.78 Å². The molecule has 1 N–H and O–H groups in total. The monoisotopic (exact) mass is 445 g/mol. The first-order valence-electron chi connectivity index (χ1n) is 12.0. The fraction of sp³-hybridized carbons (Fsp3) is 0.680. The molecule has 1 aliphatic heterocycles. The Morgan fingerprint density at radius 1 is 1.12 bits per heavy atom. The molecule has 0 spiro atoms. The van der Waals surface area contributed by atoms with Crippen molar-refractivity contribution in [2.24, 2.45) is 23.2 Å². The lowest BCUT2D eigenvalue weighted by atomic mass is 9.70. The Kier molecular flexibility index (Phi) is 4.57. The van der Waals surface area contributed by atoms with Crippen molar-refractivity contribution in [1.29, 1.82) is 0 Å². The van der Waals surface area contributed by atoms with Gasteiger partial charge in [-0.15, -0.1) is 0 Å². The quantitative estimate of drug-likeness (QED) is 0.698. The van der Waals surface area contributed by atoms with E-state index in [0.29, 0.717) is 12.4 Å². The van der Waals surface area contributed by atoms with Gasteiger partial charge in [0.2, 0.25) is 0 Å². The van der Waals surface area contributed by atoms with Gasteiger partial charge in [-0.05, 0) is 86.7 Å². The van der Waals surface area contributed by atoms with Crippen LogP contribution in [0.1, 0.15) is 73.2 Å². The SMILES string of the molecule is O=C(O)[C@@H]1[C@H](F)CCN1C(=O)c1cc(C2CC2)c(OCC23CC4CC(C2)C(C4)C3)cc1F. The third kappa shape index (κ3) is 3.22. The van der Waals surface area contributed by atoms with E-state index in [9.17, 15) is 19.1 Å². The van der Waals surface area contributed by atoms with Gasteiger partial charge in [0.15, 0.2) is 6.04 Å². The van der Waals surface area contributed by atoms with E-state index in [0.717, 1.165) is 41.1 Å². The number of hydrogen-bond acceptors (Lipinski definition) is 3. The van der Waals surface area contributed by atoms with Gasteiger partial charge in [-0.3, -0.25) is 4.79 Å². The molecule has 6 aliphatic rings. The molecule has 1 aromatic rings. The van der Waals surface area contributed by atoms with Crippen molar-refractivity contribution < 1.29 is 28.2 Å². The maximum absolute atomic E-state index is 15.1. The second kappa shape index (κ2) is 7.16. The summed E-state index contributed by atoms with van der Waals surface area (Å²) in [5, 5.41) is 9.33. The van der Waals surface area contributed by atoms with Crippen molar-refractivity contribution in [2.45, 2.75) is 69.5 Å². The smallest absolute Gasteiger partial charge is 0.329 e. The Balaban J connectivity index is 1.25. The molecular weight excluding hydrogens is 416 g/mol. The Hall–Kier alpha value is -2.18. The minimum atomic E-state index is -1.64. The number of alkyl halides is 1. The predicted octanol–water partition coefficient (Wildman–Crippen LogP) is 4.55. The first-order chi connectivity index (χ1) is 15.3. The number of carbonyl (C=O) groups is 2. The summed E-state index contributed by atoms with van der Waals surface area (Å²) in [7, 11) is 0. The van der Waals surface area contributed by atoms with Crippen molar-refractivity contribution in [1.82, 2.24) is 4.90 Å². The molecule has 0 aromatic heterocycles. The number of aliphatic carboxylic acids is 1. The zero-order valence-corrected chi connectivity index (χ0v) is 18.1. The summed E-state index contributed by atoms with van der Waals surface area (Å²) in [6, 6.07) is 1.27. The average Bonchev–Trinajstić information content (AvgIpc) is 3.39. The lowest BCUT2D eigenvalue weighted by Crippen LogP contribution is -2.44. The van der Waals surface area contributed by atoms with Gasteiger partial charge < -0.3 is 14.7 Å². The second-order valence-electron chi connectivity index (χ2n) is 11.0.